The predicted octanol–water partition coefficient (Wildman–Crippen LogP) is 19.1. The van der Waals surface area contributed by atoms with Crippen LogP contribution < -0.4 is 4.90 Å². The van der Waals surface area contributed by atoms with E-state index in [9.17, 15) is 0 Å². The average Bonchev–Trinajstić information content (AvgIpc) is 4.15. The third-order valence-electron chi connectivity index (χ3n) is 16.3. The minimum absolute atomic E-state index is 0.715. The molecule has 0 radical (unpaired) electrons. The number of fused-ring (bicyclic) bond motifs is 12. The smallest absolute Gasteiger partial charge is 0.0541 e. The van der Waals surface area contributed by atoms with E-state index in [1.54, 1.807) is 0 Å². The van der Waals surface area contributed by atoms with Gasteiger partial charge < -0.3 is 18.6 Å². The molecule has 4 nitrogen and oxygen atoms in total. The minimum atomic E-state index is 0.715. The minimum Gasteiger partial charge on any atom is -0.311 e. The van der Waals surface area contributed by atoms with Crippen LogP contribution in [0, 0.1) is 0 Å². The molecule has 3 aromatic heterocycles. The van der Waals surface area contributed by atoms with Crippen molar-refractivity contribution in [2.24, 2.45) is 0 Å². The quantitative estimate of drug-likeness (QED) is 0.172. The van der Waals surface area contributed by atoms with Crippen LogP contribution >= 0.6 is 0 Å². The van der Waals surface area contributed by atoms with E-state index in [1.807, 2.05) is 0 Å². The van der Waals surface area contributed by atoms with Crippen LogP contribution in [0.1, 0.15) is 11.1 Å². The van der Waals surface area contributed by atoms with Gasteiger partial charge in [0, 0.05) is 66.5 Å². The second kappa shape index (κ2) is 16.9. The first-order valence-corrected chi connectivity index (χ1v) is 26.6. The fourth-order valence-electron chi connectivity index (χ4n) is 12.7. The lowest BCUT2D eigenvalue weighted by Crippen LogP contribution is -2.15. The van der Waals surface area contributed by atoms with Crippen molar-refractivity contribution in [1.82, 2.24) is 13.7 Å². The standard InChI is InChI=1S/C73H48N4/c1-47-22-23-48-24-25-56-40-49(26-33-67(56)74(47)57-14-6-2-7-15-57)51-28-35-69-62(42-51)64-44-53(30-37-71(64)76(69)59-18-10-4-11-19-59)55-32-39-73-66(46-55)65-45-54(31-38-72(65)77(73)60-20-12-5-13-21-60)52-29-36-70-63(43-52)61-41-50(48)27-34-68(61)75(70)58-16-8-3-9-17-58/h2-24,26-46H,1,25H2/b23-22-,48-24+. The van der Waals surface area contributed by atoms with E-state index in [0.29, 0.717) is 6.42 Å². The third kappa shape index (κ3) is 6.79. The van der Waals surface area contributed by atoms with Gasteiger partial charge in [0.1, 0.15) is 0 Å². The molecule has 0 unspecified atom stereocenters. The molecule has 0 saturated heterocycles. The van der Waals surface area contributed by atoms with Gasteiger partial charge >= 0.3 is 0 Å². The van der Waals surface area contributed by atoms with Crippen LogP contribution in [-0.2, 0) is 6.42 Å². The maximum Gasteiger partial charge on any atom is 0.0541 e. The fraction of sp³-hybridized carbons (Fsp3) is 0.0137. The molecule has 0 spiro atoms. The molecule has 4 heterocycles. The maximum atomic E-state index is 4.74. The molecule has 4 heteroatoms. The molecule has 0 atom stereocenters. The van der Waals surface area contributed by atoms with E-state index in [4.69, 9.17) is 6.58 Å². The average molecular weight is 981 g/mol. The Bertz CT molecular complexity index is 4820. The molecule has 1 aliphatic carbocycles. The van der Waals surface area contributed by atoms with Gasteiger partial charge in [-0.1, -0.05) is 134 Å². The first-order valence-electron chi connectivity index (χ1n) is 26.6. The molecule has 1 aliphatic heterocycles. The number of benzene rings is 11. The second-order valence-corrected chi connectivity index (χ2v) is 20.6. The summed E-state index contributed by atoms with van der Waals surface area (Å²) in [6.45, 7) is 4.74. The van der Waals surface area contributed by atoms with Gasteiger partial charge in [0.25, 0.3) is 0 Å². The highest BCUT2D eigenvalue weighted by molar-refractivity contribution is 6.15. The largest absolute Gasteiger partial charge is 0.311 e. The lowest BCUT2D eigenvalue weighted by Gasteiger charge is -2.28. The van der Waals surface area contributed by atoms with Crippen molar-refractivity contribution in [3.05, 3.63) is 290 Å². The van der Waals surface area contributed by atoms with Crippen LogP contribution in [0.5, 0.6) is 0 Å². The second-order valence-electron chi connectivity index (χ2n) is 20.6. The van der Waals surface area contributed by atoms with Gasteiger partial charge in [0.2, 0.25) is 0 Å². The van der Waals surface area contributed by atoms with Crippen molar-refractivity contribution in [2.75, 3.05) is 4.90 Å². The van der Waals surface area contributed by atoms with Crippen LogP contribution in [0.3, 0.4) is 0 Å². The molecule has 0 saturated carbocycles. The van der Waals surface area contributed by atoms with Crippen molar-refractivity contribution in [1.29, 1.82) is 0 Å². The summed E-state index contributed by atoms with van der Waals surface area (Å²) in [4.78, 5) is 2.31. The van der Waals surface area contributed by atoms with Gasteiger partial charge in [0.05, 0.1) is 33.1 Å². The summed E-state index contributed by atoms with van der Waals surface area (Å²) >= 11 is 0. The van der Waals surface area contributed by atoms with Gasteiger partial charge in [0.15, 0.2) is 0 Å². The molecule has 0 N–H and O–H groups in total. The number of anilines is 2. The lowest BCUT2D eigenvalue weighted by atomic mass is 9.95. The van der Waals surface area contributed by atoms with Crippen LogP contribution in [0.25, 0.3) is 121 Å². The molecule has 0 fully saturated rings. The van der Waals surface area contributed by atoms with Crippen molar-refractivity contribution in [2.45, 2.75) is 6.42 Å². The Labute approximate surface area is 445 Å². The van der Waals surface area contributed by atoms with Crippen LogP contribution in [-0.4, -0.2) is 13.7 Å². The Morgan fingerprint density at radius 2 is 0.597 bits per heavy atom. The summed E-state index contributed by atoms with van der Waals surface area (Å²) in [7, 11) is 0. The SMILES string of the molecule is C=C1/C=C\C2=C/Cc3cc(ccc3N1c1ccccc1)-c1ccc3c(c1)c1cc(ccc1n3-c1ccccc1)-c1ccc3c(c1)c1cc(ccc1n3-c1ccccc1)-c1ccc3c(c1)c1cc2ccc1n3-c1ccccc1. The zero-order chi connectivity index (χ0) is 50.7. The summed E-state index contributed by atoms with van der Waals surface area (Å²) < 4.78 is 7.26. The third-order valence-corrected chi connectivity index (χ3v) is 16.3. The first-order chi connectivity index (χ1) is 38.1. The molecule has 14 aromatic rings. The normalized spacial score (nSPS) is 14.3. The van der Waals surface area contributed by atoms with Gasteiger partial charge in [-0.2, -0.15) is 0 Å². The Kier molecular flexibility index (Phi) is 9.52. The Morgan fingerprint density at radius 1 is 0.286 bits per heavy atom. The van der Waals surface area contributed by atoms with E-state index in [1.165, 1.54) is 104 Å². The predicted molar refractivity (Wildman–Crippen MR) is 324 cm³/mol. The van der Waals surface area contributed by atoms with Gasteiger partial charge in [-0.15, -0.1) is 0 Å². The van der Waals surface area contributed by atoms with E-state index < -0.39 is 0 Å². The van der Waals surface area contributed by atoms with Crippen molar-refractivity contribution >= 4 is 82.4 Å². The Balaban J connectivity index is 0.996. The monoisotopic (exact) mass is 980 g/mol. The number of hydrogen-bond donors (Lipinski definition) is 0. The summed E-state index contributed by atoms with van der Waals surface area (Å²) in [5.74, 6) is 0. The summed E-state index contributed by atoms with van der Waals surface area (Å²) in [6, 6.07) is 92.2. The molecular weight excluding hydrogens is 933 g/mol. The molecule has 2 aliphatic rings. The van der Waals surface area contributed by atoms with E-state index in [-0.39, 0.29) is 0 Å². The number of hydrogen-bond acceptors (Lipinski definition) is 1. The molecular formula is C73H48N4. The summed E-state index contributed by atoms with van der Waals surface area (Å²) in [5.41, 5.74) is 24.1. The Hall–Kier alpha value is -10.2. The van der Waals surface area contributed by atoms with Crippen molar-refractivity contribution in [3.63, 3.8) is 0 Å². The van der Waals surface area contributed by atoms with Crippen LogP contribution in [0.2, 0.25) is 0 Å². The number of aromatic nitrogens is 3. The highest BCUT2D eigenvalue weighted by atomic mass is 15.1. The van der Waals surface area contributed by atoms with E-state index in [0.717, 1.165) is 45.3 Å². The number of para-hydroxylation sites is 4. The van der Waals surface area contributed by atoms with E-state index in [2.05, 4.69) is 286 Å². The zero-order valence-electron chi connectivity index (χ0n) is 42.1. The summed E-state index contributed by atoms with van der Waals surface area (Å²) in [5, 5.41) is 7.28. The van der Waals surface area contributed by atoms with Gasteiger partial charge in [-0.3, -0.25) is 0 Å². The molecule has 77 heavy (non-hydrogen) atoms. The number of rotatable bonds is 4. The lowest BCUT2D eigenvalue weighted by molar-refractivity contribution is 1.17. The number of allylic oxidation sites excluding steroid dienone is 4. The Morgan fingerprint density at radius 3 is 0.974 bits per heavy atom. The zero-order valence-corrected chi connectivity index (χ0v) is 42.1. The first kappa shape index (κ1) is 43.3. The molecule has 0 amide bonds. The maximum absolute atomic E-state index is 4.74. The fourth-order valence-corrected chi connectivity index (χ4v) is 12.7. The van der Waals surface area contributed by atoms with Gasteiger partial charge in [-0.25, -0.2) is 0 Å². The molecule has 16 rings (SSSR count). The molecule has 15 bridgehead atoms. The van der Waals surface area contributed by atoms with Crippen LogP contribution in [0.4, 0.5) is 11.4 Å². The van der Waals surface area contributed by atoms with Crippen molar-refractivity contribution in [3.8, 4) is 50.4 Å². The van der Waals surface area contributed by atoms with Gasteiger partial charge in [-0.05, 0) is 196 Å². The molecule has 11 aromatic carbocycles. The highest BCUT2D eigenvalue weighted by Gasteiger charge is 2.22. The number of nitrogens with zero attached hydrogens (tertiary/aromatic N) is 4. The van der Waals surface area contributed by atoms with Crippen molar-refractivity contribution < 1.29 is 0 Å². The topological polar surface area (TPSA) is 18.0 Å². The summed E-state index contributed by atoms with van der Waals surface area (Å²) in [6.07, 6.45) is 7.57. The molecule has 360 valence electrons. The highest BCUT2D eigenvalue weighted by Crippen LogP contribution is 2.44. The van der Waals surface area contributed by atoms with E-state index >= 15 is 0 Å². The van der Waals surface area contributed by atoms with Crippen LogP contribution in [0.15, 0.2) is 279 Å².